The molecule has 10 rings (SSSR count). The SMILES string of the molecule is Cc1c(-c2ccccc2)cc(-c2ccccc2)cc1N1C=CN(c2cc(Oc3ccc4c5ccccc5n(-c5cc(C(C)(C)C)ccn5)c4c3)cc(-c3ccccc3)c2)C1. The first-order valence-electron chi connectivity index (χ1n) is 20.6. The molecule has 0 saturated heterocycles. The van der Waals surface area contributed by atoms with Gasteiger partial charge >= 0.3 is 0 Å². The van der Waals surface area contributed by atoms with Crippen LogP contribution >= 0.6 is 0 Å². The number of anilines is 2. The van der Waals surface area contributed by atoms with Crippen molar-refractivity contribution in [1.29, 1.82) is 0 Å². The minimum Gasteiger partial charge on any atom is -0.457 e. The molecule has 0 amide bonds. The van der Waals surface area contributed by atoms with Crippen molar-refractivity contribution in [3.8, 4) is 50.7 Å². The van der Waals surface area contributed by atoms with Crippen molar-refractivity contribution in [2.24, 2.45) is 0 Å². The molecule has 0 saturated carbocycles. The Bertz CT molecular complexity index is 3030. The van der Waals surface area contributed by atoms with Crippen LogP contribution < -0.4 is 14.5 Å². The zero-order valence-electron chi connectivity index (χ0n) is 34.4. The van der Waals surface area contributed by atoms with Gasteiger partial charge in [-0.1, -0.05) is 130 Å². The third-order valence-electron chi connectivity index (χ3n) is 11.7. The van der Waals surface area contributed by atoms with E-state index in [1.165, 1.54) is 44.5 Å². The maximum absolute atomic E-state index is 6.88. The van der Waals surface area contributed by atoms with E-state index >= 15 is 0 Å². The molecule has 0 N–H and O–H groups in total. The lowest BCUT2D eigenvalue weighted by molar-refractivity contribution is 0.483. The highest BCUT2D eigenvalue weighted by Gasteiger charge is 2.22. The molecule has 0 unspecified atom stereocenters. The fourth-order valence-electron chi connectivity index (χ4n) is 8.46. The summed E-state index contributed by atoms with van der Waals surface area (Å²) in [6.45, 7) is 9.60. The van der Waals surface area contributed by atoms with Gasteiger partial charge in [-0.15, -0.1) is 0 Å². The Hall–Kier alpha value is -7.37. The topological polar surface area (TPSA) is 33.5 Å². The summed E-state index contributed by atoms with van der Waals surface area (Å²) in [6, 6.07) is 62.4. The van der Waals surface area contributed by atoms with Crippen LogP contribution in [0, 0.1) is 6.92 Å². The first-order valence-corrected chi connectivity index (χ1v) is 20.6. The first-order chi connectivity index (χ1) is 29.3. The van der Waals surface area contributed by atoms with Gasteiger partial charge in [-0.25, -0.2) is 4.98 Å². The highest BCUT2D eigenvalue weighted by molar-refractivity contribution is 6.09. The summed E-state index contributed by atoms with van der Waals surface area (Å²) < 4.78 is 9.14. The molecule has 1 aliphatic heterocycles. The molecule has 2 aromatic heterocycles. The number of nitrogens with zero attached hydrogens (tertiary/aromatic N) is 4. The zero-order valence-corrected chi connectivity index (χ0v) is 34.4. The number of rotatable bonds is 8. The van der Waals surface area contributed by atoms with Gasteiger partial charge in [0.25, 0.3) is 0 Å². The summed E-state index contributed by atoms with van der Waals surface area (Å²) in [4.78, 5) is 9.53. The predicted octanol–water partition coefficient (Wildman–Crippen LogP) is 14.3. The quantitative estimate of drug-likeness (QED) is 0.154. The van der Waals surface area contributed by atoms with Crippen molar-refractivity contribution in [3.05, 3.63) is 206 Å². The monoisotopic (exact) mass is 778 g/mol. The standard InChI is InChI=1S/C55H46N4O/c1-38-50(41-20-12-7-13-21-41)32-43(40-18-10-6-11-19-40)33-52(38)58-29-28-57(37-58)45-30-42(39-16-8-5-9-17-39)31-47(35-45)60-46-24-25-49-48-22-14-15-23-51(48)59(53(49)36-46)54-34-44(26-27-56-54)55(2,3)4/h5-36H,37H2,1-4H3. The Kier molecular flexibility index (Phi) is 9.29. The van der Waals surface area contributed by atoms with Gasteiger partial charge in [0.05, 0.1) is 17.7 Å². The highest BCUT2D eigenvalue weighted by Crippen LogP contribution is 2.41. The fraction of sp³-hybridized carbons (Fsp3) is 0.109. The Labute approximate surface area is 352 Å². The van der Waals surface area contributed by atoms with Gasteiger partial charge in [-0.2, -0.15) is 0 Å². The molecule has 5 nitrogen and oxygen atoms in total. The van der Waals surface area contributed by atoms with Crippen molar-refractivity contribution >= 4 is 33.2 Å². The van der Waals surface area contributed by atoms with Crippen LogP contribution in [-0.2, 0) is 5.41 Å². The molecule has 60 heavy (non-hydrogen) atoms. The van der Waals surface area contributed by atoms with Gasteiger partial charge in [0.1, 0.15) is 17.3 Å². The van der Waals surface area contributed by atoms with Crippen molar-refractivity contribution in [1.82, 2.24) is 9.55 Å². The van der Waals surface area contributed by atoms with Crippen LogP contribution in [0.4, 0.5) is 11.4 Å². The van der Waals surface area contributed by atoms with Gasteiger partial charge in [-0.05, 0) is 111 Å². The lowest BCUT2D eigenvalue weighted by atomic mass is 9.88. The second-order valence-electron chi connectivity index (χ2n) is 16.6. The lowest BCUT2D eigenvalue weighted by Gasteiger charge is -2.26. The van der Waals surface area contributed by atoms with Crippen LogP contribution in [-0.4, -0.2) is 16.2 Å². The molecule has 1 aliphatic rings. The van der Waals surface area contributed by atoms with Crippen LogP contribution in [0.5, 0.6) is 11.5 Å². The molecule has 5 heteroatoms. The van der Waals surface area contributed by atoms with Gasteiger partial charge in [0.2, 0.25) is 0 Å². The van der Waals surface area contributed by atoms with E-state index in [2.05, 4.69) is 230 Å². The number of aromatic nitrogens is 2. The van der Waals surface area contributed by atoms with E-state index < -0.39 is 0 Å². The van der Waals surface area contributed by atoms with Crippen LogP contribution in [0.25, 0.3) is 61.0 Å². The van der Waals surface area contributed by atoms with Crippen LogP contribution in [0.2, 0.25) is 0 Å². The molecule has 3 heterocycles. The van der Waals surface area contributed by atoms with E-state index in [1.54, 1.807) is 0 Å². The van der Waals surface area contributed by atoms with Gasteiger partial charge in [0, 0.05) is 52.9 Å². The summed E-state index contributed by atoms with van der Waals surface area (Å²) >= 11 is 0. The molecule has 0 spiro atoms. The Morgan fingerprint density at radius 1 is 0.517 bits per heavy atom. The van der Waals surface area contributed by atoms with Crippen LogP contribution in [0.15, 0.2) is 195 Å². The summed E-state index contributed by atoms with van der Waals surface area (Å²) in [5.41, 5.74) is 13.9. The van der Waals surface area contributed by atoms with Crippen molar-refractivity contribution in [2.75, 3.05) is 16.5 Å². The zero-order chi connectivity index (χ0) is 40.8. The molecular formula is C55H46N4O. The molecule has 0 atom stereocenters. The number of pyridine rings is 1. The molecule has 7 aromatic carbocycles. The molecule has 0 radical (unpaired) electrons. The number of fused-ring (bicyclic) bond motifs is 3. The van der Waals surface area contributed by atoms with Crippen LogP contribution in [0.3, 0.4) is 0 Å². The maximum Gasteiger partial charge on any atom is 0.137 e. The van der Waals surface area contributed by atoms with Gasteiger partial charge in [0.15, 0.2) is 0 Å². The summed E-state index contributed by atoms with van der Waals surface area (Å²) in [5.74, 6) is 2.42. The number of hydrogen-bond donors (Lipinski definition) is 0. The summed E-state index contributed by atoms with van der Waals surface area (Å²) in [7, 11) is 0. The number of benzene rings is 7. The van der Waals surface area contributed by atoms with E-state index in [0.29, 0.717) is 6.67 Å². The van der Waals surface area contributed by atoms with Crippen LogP contribution in [0.1, 0.15) is 31.9 Å². The van der Waals surface area contributed by atoms with Crippen molar-refractivity contribution < 1.29 is 4.74 Å². The largest absolute Gasteiger partial charge is 0.457 e. The number of hydrogen-bond acceptors (Lipinski definition) is 4. The van der Waals surface area contributed by atoms with Gasteiger partial charge in [-0.3, -0.25) is 4.57 Å². The molecule has 0 fully saturated rings. The average molecular weight is 779 g/mol. The second kappa shape index (κ2) is 15.1. The van der Waals surface area contributed by atoms with Crippen molar-refractivity contribution in [3.63, 3.8) is 0 Å². The average Bonchev–Trinajstić information content (AvgIpc) is 3.91. The first kappa shape index (κ1) is 36.9. The van der Waals surface area contributed by atoms with E-state index in [-0.39, 0.29) is 5.41 Å². The molecule has 9 aromatic rings. The van der Waals surface area contributed by atoms with E-state index in [1.807, 2.05) is 6.20 Å². The Morgan fingerprint density at radius 3 is 1.87 bits per heavy atom. The Balaban J connectivity index is 1.03. The van der Waals surface area contributed by atoms with Gasteiger partial charge < -0.3 is 14.5 Å². The number of para-hydroxylation sites is 1. The summed E-state index contributed by atoms with van der Waals surface area (Å²) in [6.07, 6.45) is 6.29. The minimum atomic E-state index is -0.0100. The van der Waals surface area contributed by atoms with E-state index in [9.17, 15) is 0 Å². The summed E-state index contributed by atoms with van der Waals surface area (Å²) in [5, 5.41) is 2.34. The Morgan fingerprint density at radius 2 is 1.15 bits per heavy atom. The van der Waals surface area contributed by atoms with E-state index in [0.717, 1.165) is 50.6 Å². The predicted molar refractivity (Wildman–Crippen MR) is 250 cm³/mol. The molecule has 292 valence electrons. The van der Waals surface area contributed by atoms with E-state index in [4.69, 9.17) is 9.72 Å². The smallest absolute Gasteiger partial charge is 0.137 e. The number of ether oxygens (including phenoxy) is 1. The highest BCUT2D eigenvalue weighted by atomic mass is 16.5. The maximum atomic E-state index is 6.88. The third kappa shape index (κ3) is 6.98. The second-order valence-corrected chi connectivity index (χ2v) is 16.6. The molecule has 0 bridgehead atoms. The molecular weight excluding hydrogens is 733 g/mol. The minimum absolute atomic E-state index is 0.0100. The normalized spacial score (nSPS) is 12.8. The lowest BCUT2D eigenvalue weighted by Crippen LogP contribution is -2.25. The molecule has 0 aliphatic carbocycles. The third-order valence-corrected chi connectivity index (χ3v) is 11.7. The fourth-order valence-corrected chi connectivity index (χ4v) is 8.46. The van der Waals surface area contributed by atoms with Crippen molar-refractivity contribution in [2.45, 2.75) is 33.1 Å².